The Bertz CT molecular complexity index is 314. The molecule has 1 amide bonds. The topological polar surface area (TPSA) is 64.1 Å². The van der Waals surface area contributed by atoms with Crippen LogP contribution in [0.15, 0.2) is 0 Å². The number of hydrogen-bond acceptors (Lipinski definition) is 5. The van der Waals surface area contributed by atoms with E-state index in [0.29, 0.717) is 30.6 Å². The number of aryl methyl sites for hydroxylation is 1. The third kappa shape index (κ3) is 4.35. The maximum Gasteiger partial charge on any atom is 0.281 e. The number of carbonyl (C=O) groups is 1. The van der Waals surface area contributed by atoms with Crippen molar-refractivity contribution in [3.63, 3.8) is 0 Å². The number of hydrogen-bond donors (Lipinski definition) is 1. The number of aromatic nitrogens is 2. The summed E-state index contributed by atoms with van der Waals surface area (Å²) in [5, 5.41) is 3.18. The van der Waals surface area contributed by atoms with Gasteiger partial charge in [0.25, 0.3) is 5.91 Å². The lowest BCUT2D eigenvalue weighted by molar-refractivity contribution is 0.0943. The maximum atomic E-state index is 11.4. The minimum atomic E-state index is -0.155. The summed E-state index contributed by atoms with van der Waals surface area (Å²) in [5.74, 6) is 0.483. The van der Waals surface area contributed by atoms with Gasteiger partial charge >= 0.3 is 0 Å². The van der Waals surface area contributed by atoms with Crippen LogP contribution in [-0.2, 0) is 4.74 Å². The summed E-state index contributed by atoms with van der Waals surface area (Å²) < 4.78 is 9.09. The summed E-state index contributed by atoms with van der Waals surface area (Å²) in [5.41, 5.74) is 0. The monoisotopic (exact) mass is 229 g/mol. The predicted molar refractivity (Wildman–Crippen MR) is 58.1 cm³/mol. The highest BCUT2D eigenvalue weighted by atomic mass is 32.1. The molecule has 0 aliphatic rings. The van der Waals surface area contributed by atoms with E-state index in [4.69, 9.17) is 4.74 Å². The smallest absolute Gasteiger partial charge is 0.281 e. The van der Waals surface area contributed by atoms with Gasteiger partial charge in [-0.15, -0.1) is 0 Å². The molecular weight excluding hydrogens is 214 g/mol. The molecule has 0 atom stereocenters. The van der Waals surface area contributed by atoms with Gasteiger partial charge in [-0.25, -0.2) is 4.98 Å². The Hall–Kier alpha value is -1.01. The number of amides is 1. The molecule has 15 heavy (non-hydrogen) atoms. The van der Waals surface area contributed by atoms with Crippen molar-refractivity contribution in [1.82, 2.24) is 14.7 Å². The number of ether oxygens (including phenoxy) is 1. The second kappa shape index (κ2) is 6.47. The van der Waals surface area contributed by atoms with Crippen LogP contribution in [0.3, 0.4) is 0 Å². The van der Waals surface area contributed by atoms with Gasteiger partial charge in [0.2, 0.25) is 5.01 Å². The third-order valence-corrected chi connectivity index (χ3v) is 2.48. The summed E-state index contributed by atoms with van der Waals surface area (Å²) in [6, 6.07) is 0. The first-order chi connectivity index (χ1) is 7.24. The zero-order valence-corrected chi connectivity index (χ0v) is 9.76. The van der Waals surface area contributed by atoms with Gasteiger partial charge in [0, 0.05) is 19.8 Å². The van der Waals surface area contributed by atoms with Gasteiger partial charge in [-0.05, 0) is 31.8 Å². The van der Waals surface area contributed by atoms with E-state index in [1.807, 2.05) is 6.92 Å². The number of rotatable bonds is 6. The van der Waals surface area contributed by atoms with Gasteiger partial charge in [-0.1, -0.05) is 0 Å². The first-order valence-corrected chi connectivity index (χ1v) is 5.67. The Kier molecular flexibility index (Phi) is 5.20. The normalized spacial score (nSPS) is 10.3. The largest absolute Gasteiger partial charge is 0.382 e. The zero-order valence-electron chi connectivity index (χ0n) is 8.95. The highest BCUT2D eigenvalue weighted by Gasteiger charge is 2.09. The Morgan fingerprint density at radius 1 is 1.60 bits per heavy atom. The molecule has 0 saturated heterocycles. The van der Waals surface area contributed by atoms with E-state index in [1.54, 1.807) is 6.92 Å². The lowest BCUT2D eigenvalue weighted by atomic mass is 10.4. The second-order valence-electron chi connectivity index (χ2n) is 2.95. The maximum absolute atomic E-state index is 11.4. The van der Waals surface area contributed by atoms with Crippen LogP contribution < -0.4 is 5.32 Å². The van der Waals surface area contributed by atoms with Crippen LogP contribution in [0, 0.1) is 6.92 Å². The van der Waals surface area contributed by atoms with Crippen molar-refractivity contribution in [3.8, 4) is 0 Å². The van der Waals surface area contributed by atoms with Crippen LogP contribution >= 0.6 is 11.5 Å². The Morgan fingerprint density at radius 3 is 3.00 bits per heavy atom. The van der Waals surface area contributed by atoms with Crippen molar-refractivity contribution < 1.29 is 9.53 Å². The molecule has 0 spiro atoms. The van der Waals surface area contributed by atoms with Gasteiger partial charge in [-0.2, -0.15) is 4.37 Å². The molecule has 1 aromatic heterocycles. The highest BCUT2D eigenvalue weighted by molar-refractivity contribution is 7.07. The molecule has 0 saturated carbocycles. The molecular formula is C9H15N3O2S. The van der Waals surface area contributed by atoms with Gasteiger partial charge in [0.05, 0.1) is 0 Å². The predicted octanol–water partition coefficient (Wildman–Crippen LogP) is 1.00. The van der Waals surface area contributed by atoms with Crippen LogP contribution in [0.1, 0.15) is 29.0 Å². The van der Waals surface area contributed by atoms with Crippen molar-refractivity contribution in [2.45, 2.75) is 20.3 Å². The molecule has 0 aliphatic carbocycles. The Labute approximate surface area is 93.0 Å². The van der Waals surface area contributed by atoms with E-state index in [9.17, 15) is 4.79 Å². The molecule has 1 rings (SSSR count). The standard InChI is InChI=1S/C9H15N3O2S/c1-3-14-6-4-5-10-8(13)9-11-7(2)12-15-9/h3-6H2,1-2H3,(H,10,13). The van der Waals surface area contributed by atoms with Crippen LogP contribution in [0.2, 0.25) is 0 Å². The summed E-state index contributed by atoms with van der Waals surface area (Å²) in [7, 11) is 0. The third-order valence-electron chi connectivity index (χ3n) is 1.68. The molecule has 1 N–H and O–H groups in total. The average Bonchev–Trinajstić information content (AvgIpc) is 2.64. The van der Waals surface area contributed by atoms with E-state index in [1.165, 1.54) is 0 Å². The van der Waals surface area contributed by atoms with Crippen molar-refractivity contribution in [2.24, 2.45) is 0 Å². The number of carbonyl (C=O) groups excluding carboxylic acids is 1. The summed E-state index contributed by atoms with van der Waals surface area (Å²) in [6.45, 7) is 5.71. The summed E-state index contributed by atoms with van der Waals surface area (Å²) in [6.07, 6.45) is 0.817. The molecule has 6 heteroatoms. The van der Waals surface area contributed by atoms with Crippen molar-refractivity contribution in [3.05, 3.63) is 10.8 Å². The minimum Gasteiger partial charge on any atom is -0.382 e. The lowest BCUT2D eigenvalue weighted by Crippen LogP contribution is -2.25. The SMILES string of the molecule is CCOCCCNC(=O)c1nc(C)ns1. The number of nitrogens with zero attached hydrogens (tertiary/aromatic N) is 2. The second-order valence-corrected chi connectivity index (χ2v) is 3.70. The average molecular weight is 229 g/mol. The minimum absolute atomic E-state index is 0.155. The molecule has 0 bridgehead atoms. The Morgan fingerprint density at radius 2 is 2.40 bits per heavy atom. The fourth-order valence-corrected chi connectivity index (χ4v) is 1.57. The molecule has 5 nitrogen and oxygen atoms in total. The molecule has 0 unspecified atom stereocenters. The molecule has 84 valence electrons. The van der Waals surface area contributed by atoms with E-state index in [-0.39, 0.29) is 5.91 Å². The lowest BCUT2D eigenvalue weighted by Gasteiger charge is -2.02. The fourth-order valence-electron chi connectivity index (χ4n) is 0.985. The van der Waals surface area contributed by atoms with E-state index in [0.717, 1.165) is 18.0 Å². The molecule has 0 radical (unpaired) electrons. The fraction of sp³-hybridized carbons (Fsp3) is 0.667. The Balaban J connectivity index is 2.19. The van der Waals surface area contributed by atoms with Crippen LogP contribution in [0.4, 0.5) is 0 Å². The molecule has 1 aromatic rings. The van der Waals surface area contributed by atoms with E-state index >= 15 is 0 Å². The highest BCUT2D eigenvalue weighted by Crippen LogP contribution is 2.02. The zero-order chi connectivity index (χ0) is 11.1. The molecule has 0 aromatic carbocycles. The van der Waals surface area contributed by atoms with Crippen LogP contribution in [0.5, 0.6) is 0 Å². The van der Waals surface area contributed by atoms with E-state index < -0.39 is 0 Å². The number of nitrogens with one attached hydrogen (secondary N) is 1. The first-order valence-electron chi connectivity index (χ1n) is 4.90. The van der Waals surface area contributed by atoms with Gasteiger partial charge in [0.15, 0.2) is 0 Å². The van der Waals surface area contributed by atoms with Crippen LogP contribution in [0.25, 0.3) is 0 Å². The molecule has 0 fully saturated rings. The molecule has 1 heterocycles. The van der Waals surface area contributed by atoms with Crippen molar-refractivity contribution >= 4 is 17.4 Å². The summed E-state index contributed by atoms with van der Waals surface area (Å²) >= 11 is 1.12. The van der Waals surface area contributed by atoms with Gasteiger partial charge in [-0.3, -0.25) is 4.79 Å². The van der Waals surface area contributed by atoms with Crippen LogP contribution in [-0.4, -0.2) is 35.0 Å². The summed E-state index contributed by atoms with van der Waals surface area (Å²) in [4.78, 5) is 15.4. The molecule has 0 aliphatic heterocycles. The van der Waals surface area contributed by atoms with Gasteiger partial charge < -0.3 is 10.1 Å². The van der Waals surface area contributed by atoms with Crippen molar-refractivity contribution in [2.75, 3.05) is 19.8 Å². The quantitative estimate of drug-likeness (QED) is 0.739. The van der Waals surface area contributed by atoms with E-state index in [2.05, 4.69) is 14.7 Å². The van der Waals surface area contributed by atoms with Gasteiger partial charge in [0.1, 0.15) is 5.82 Å². The first kappa shape index (κ1) is 12.1. The van der Waals surface area contributed by atoms with Crippen molar-refractivity contribution in [1.29, 1.82) is 0 Å².